The van der Waals surface area contributed by atoms with Gasteiger partial charge in [0, 0.05) is 35.8 Å². The lowest BCUT2D eigenvalue weighted by atomic mass is 9.86. The second-order valence-electron chi connectivity index (χ2n) is 9.13. The second-order valence-corrected chi connectivity index (χ2v) is 9.13. The van der Waals surface area contributed by atoms with Gasteiger partial charge in [-0.05, 0) is 42.0 Å². The summed E-state index contributed by atoms with van der Waals surface area (Å²) < 4.78 is 22.7. The van der Waals surface area contributed by atoms with E-state index in [1.54, 1.807) is 6.07 Å². The quantitative estimate of drug-likeness (QED) is 0.651. The van der Waals surface area contributed by atoms with Gasteiger partial charge in [0.1, 0.15) is 5.82 Å². The normalized spacial score (nSPS) is 17.6. The zero-order chi connectivity index (χ0) is 17.7. The third kappa shape index (κ3) is 3.11. The molecule has 1 aliphatic heterocycles. The van der Waals surface area contributed by atoms with Crippen LogP contribution in [0.15, 0.2) is 18.2 Å². The molecule has 0 N–H and O–H groups in total. The van der Waals surface area contributed by atoms with Gasteiger partial charge in [0.15, 0.2) is 0 Å². The molecule has 3 rings (SSSR count). The molecule has 0 aliphatic carbocycles. The molecule has 2 aromatic rings. The zero-order valence-corrected chi connectivity index (χ0v) is 15.9. The Balaban J connectivity index is 2.25. The Bertz CT molecular complexity index is 740. The van der Waals surface area contributed by atoms with Gasteiger partial charge in [-0.2, -0.15) is 0 Å². The average molecular weight is 331 g/mol. The van der Waals surface area contributed by atoms with Crippen LogP contribution in [0.2, 0.25) is 0 Å². The van der Waals surface area contributed by atoms with E-state index in [0.717, 1.165) is 42.5 Å². The second kappa shape index (κ2) is 5.87. The van der Waals surface area contributed by atoms with Crippen molar-refractivity contribution in [1.82, 2.24) is 4.57 Å². The molecular weight excluding hydrogens is 301 g/mol. The summed E-state index contributed by atoms with van der Waals surface area (Å²) in [7, 11) is 0. The highest BCUT2D eigenvalue weighted by Gasteiger charge is 2.28. The maximum absolute atomic E-state index is 14.8. The average Bonchev–Trinajstić information content (AvgIpc) is 2.84. The van der Waals surface area contributed by atoms with Gasteiger partial charge in [-0.25, -0.2) is 4.39 Å². The number of halogens is 1. The van der Waals surface area contributed by atoms with E-state index in [1.165, 1.54) is 5.69 Å². The first-order valence-corrected chi connectivity index (χ1v) is 9.02. The van der Waals surface area contributed by atoms with Crippen molar-refractivity contribution in [3.63, 3.8) is 0 Å². The Morgan fingerprint density at radius 2 is 1.58 bits per heavy atom. The molecule has 0 atom stereocenters. The van der Waals surface area contributed by atoms with Crippen LogP contribution >= 0.6 is 0 Å². The van der Waals surface area contributed by atoms with Crippen LogP contribution in [0.1, 0.15) is 71.7 Å². The third-order valence-corrected chi connectivity index (χ3v) is 5.06. The Kier molecular flexibility index (Phi) is 4.28. The Labute approximate surface area is 145 Å². The highest BCUT2D eigenvalue weighted by Crippen LogP contribution is 2.38. The molecule has 0 bridgehead atoms. The van der Waals surface area contributed by atoms with Crippen LogP contribution in [0.25, 0.3) is 10.9 Å². The molecule has 1 aromatic carbocycles. The SMILES string of the molecule is CC(C)(C)c1cc2cc(C(C)(C)C)n(C3CCOCC3)c2cc1F. The molecule has 1 aliphatic rings. The summed E-state index contributed by atoms with van der Waals surface area (Å²) in [6.45, 7) is 14.5. The highest BCUT2D eigenvalue weighted by atomic mass is 19.1. The molecule has 0 amide bonds. The smallest absolute Gasteiger partial charge is 0.129 e. The van der Waals surface area contributed by atoms with Gasteiger partial charge in [0.05, 0.1) is 5.52 Å². The summed E-state index contributed by atoms with van der Waals surface area (Å²) in [6.07, 6.45) is 1.99. The third-order valence-electron chi connectivity index (χ3n) is 5.06. The van der Waals surface area contributed by atoms with Crippen LogP contribution in [0, 0.1) is 5.82 Å². The summed E-state index contributed by atoms with van der Waals surface area (Å²) in [4.78, 5) is 0. The lowest BCUT2D eigenvalue weighted by Crippen LogP contribution is -2.25. The van der Waals surface area contributed by atoms with Gasteiger partial charge in [-0.3, -0.25) is 0 Å². The first-order valence-electron chi connectivity index (χ1n) is 9.02. The van der Waals surface area contributed by atoms with Crippen molar-refractivity contribution in [2.45, 2.75) is 71.3 Å². The van der Waals surface area contributed by atoms with Gasteiger partial charge < -0.3 is 9.30 Å². The van der Waals surface area contributed by atoms with Crippen LogP contribution in [0.3, 0.4) is 0 Å². The van der Waals surface area contributed by atoms with Crippen LogP contribution in [-0.4, -0.2) is 17.8 Å². The number of ether oxygens (including phenoxy) is 1. The maximum atomic E-state index is 14.8. The van der Waals surface area contributed by atoms with Crippen LogP contribution < -0.4 is 0 Å². The molecule has 0 radical (unpaired) electrons. The van der Waals surface area contributed by atoms with Gasteiger partial charge >= 0.3 is 0 Å². The molecule has 2 nitrogen and oxygen atoms in total. The van der Waals surface area contributed by atoms with E-state index in [4.69, 9.17) is 4.74 Å². The van der Waals surface area contributed by atoms with Gasteiger partial charge in [0.25, 0.3) is 0 Å². The Hall–Kier alpha value is -1.35. The predicted molar refractivity (Wildman–Crippen MR) is 98.4 cm³/mol. The number of benzene rings is 1. The minimum Gasteiger partial charge on any atom is -0.381 e. The molecule has 2 heterocycles. The van der Waals surface area contributed by atoms with Crippen LogP contribution in [-0.2, 0) is 15.6 Å². The number of hydrogen-bond donors (Lipinski definition) is 0. The molecule has 24 heavy (non-hydrogen) atoms. The van der Waals surface area contributed by atoms with E-state index in [2.05, 4.69) is 58.2 Å². The monoisotopic (exact) mass is 331 g/mol. The molecule has 3 heteroatoms. The van der Waals surface area contributed by atoms with Crippen molar-refractivity contribution in [2.75, 3.05) is 13.2 Å². The lowest BCUT2D eigenvalue weighted by Gasteiger charge is -2.31. The van der Waals surface area contributed by atoms with Gasteiger partial charge in [-0.1, -0.05) is 41.5 Å². The van der Waals surface area contributed by atoms with Gasteiger partial charge in [-0.15, -0.1) is 0 Å². The number of hydrogen-bond acceptors (Lipinski definition) is 1. The van der Waals surface area contributed by atoms with Crippen molar-refractivity contribution >= 4 is 10.9 Å². The van der Waals surface area contributed by atoms with Crippen molar-refractivity contribution in [3.8, 4) is 0 Å². The lowest BCUT2D eigenvalue weighted by molar-refractivity contribution is 0.0694. The largest absolute Gasteiger partial charge is 0.381 e. The summed E-state index contributed by atoms with van der Waals surface area (Å²) in [5.74, 6) is -0.0955. The van der Waals surface area contributed by atoms with E-state index in [-0.39, 0.29) is 16.6 Å². The topological polar surface area (TPSA) is 14.2 Å². The van der Waals surface area contributed by atoms with E-state index in [9.17, 15) is 4.39 Å². The molecule has 1 aromatic heterocycles. The van der Waals surface area contributed by atoms with E-state index < -0.39 is 0 Å². The van der Waals surface area contributed by atoms with Gasteiger partial charge in [0.2, 0.25) is 0 Å². The van der Waals surface area contributed by atoms with E-state index >= 15 is 0 Å². The number of fused-ring (bicyclic) bond motifs is 1. The molecule has 0 saturated carbocycles. The standard InChI is InChI=1S/C21H30FNO/c1-20(2,3)16-11-14-12-19(21(4,5)6)23(18(14)13-17(16)22)15-7-9-24-10-8-15/h11-13,15H,7-10H2,1-6H3. The number of nitrogens with zero attached hydrogens (tertiary/aromatic N) is 1. The summed E-state index contributed by atoms with van der Waals surface area (Å²) in [5.41, 5.74) is 2.93. The minimum absolute atomic E-state index is 0.0235. The fraction of sp³-hybridized carbons (Fsp3) is 0.619. The molecule has 0 spiro atoms. The first kappa shape index (κ1) is 17.5. The molecule has 1 fully saturated rings. The molecular formula is C21H30FNO. The number of aromatic nitrogens is 1. The van der Waals surface area contributed by atoms with Crippen LogP contribution in [0.4, 0.5) is 4.39 Å². The Morgan fingerprint density at radius 3 is 2.12 bits per heavy atom. The van der Waals surface area contributed by atoms with Crippen molar-refractivity contribution in [3.05, 3.63) is 35.3 Å². The van der Waals surface area contributed by atoms with Crippen molar-refractivity contribution in [2.24, 2.45) is 0 Å². The van der Waals surface area contributed by atoms with Crippen molar-refractivity contribution in [1.29, 1.82) is 0 Å². The minimum atomic E-state index is -0.194. The molecule has 1 saturated heterocycles. The van der Waals surface area contributed by atoms with Crippen LogP contribution in [0.5, 0.6) is 0 Å². The highest BCUT2D eigenvalue weighted by molar-refractivity contribution is 5.83. The fourth-order valence-corrected chi connectivity index (χ4v) is 3.74. The van der Waals surface area contributed by atoms with Crippen molar-refractivity contribution < 1.29 is 9.13 Å². The molecule has 0 unspecified atom stereocenters. The Morgan fingerprint density at radius 1 is 0.958 bits per heavy atom. The number of rotatable bonds is 1. The maximum Gasteiger partial charge on any atom is 0.129 e. The first-order chi connectivity index (χ1) is 11.1. The van der Waals surface area contributed by atoms with E-state index in [1.807, 2.05) is 0 Å². The fourth-order valence-electron chi connectivity index (χ4n) is 3.74. The summed E-state index contributed by atoms with van der Waals surface area (Å²) in [6, 6.07) is 6.46. The molecule has 132 valence electrons. The summed E-state index contributed by atoms with van der Waals surface area (Å²) in [5, 5.41) is 1.15. The summed E-state index contributed by atoms with van der Waals surface area (Å²) >= 11 is 0. The zero-order valence-electron chi connectivity index (χ0n) is 15.9. The van der Waals surface area contributed by atoms with E-state index in [0.29, 0.717) is 6.04 Å². The predicted octanol–water partition coefficient (Wildman–Crippen LogP) is 5.73.